The molecule has 0 spiro atoms. The monoisotopic (exact) mass is 247 g/mol. The number of hydrogen-bond donors (Lipinski definition) is 0. The van der Waals surface area contributed by atoms with Crippen LogP contribution >= 0.6 is 0 Å². The van der Waals surface area contributed by atoms with E-state index in [1.54, 1.807) is 23.1 Å². The molecule has 0 aromatic carbocycles. The van der Waals surface area contributed by atoms with Crippen molar-refractivity contribution >= 4 is 16.7 Å². The first kappa shape index (κ1) is 10.1. The van der Waals surface area contributed by atoms with Crippen molar-refractivity contribution in [3.63, 3.8) is 0 Å². The predicted octanol–water partition coefficient (Wildman–Crippen LogP) is 2.34. The van der Waals surface area contributed by atoms with E-state index < -0.39 is 0 Å². The van der Waals surface area contributed by atoms with E-state index in [4.69, 9.17) is 0 Å². The van der Waals surface area contributed by atoms with E-state index in [9.17, 15) is 0 Å². The van der Waals surface area contributed by atoms with Gasteiger partial charge in [-0.3, -0.25) is 4.98 Å². The Kier molecular flexibility index (Phi) is 2.05. The highest BCUT2D eigenvalue weighted by molar-refractivity contribution is 5.81. The highest BCUT2D eigenvalue weighted by Gasteiger charge is 2.09. The summed E-state index contributed by atoms with van der Waals surface area (Å²) in [7, 11) is 0. The molecule has 4 rings (SSSR count). The van der Waals surface area contributed by atoms with Crippen LogP contribution in [0.3, 0.4) is 0 Å². The van der Waals surface area contributed by atoms with Gasteiger partial charge in [0, 0.05) is 18.6 Å². The highest BCUT2D eigenvalue weighted by Crippen LogP contribution is 2.22. The predicted molar refractivity (Wildman–Crippen MR) is 71.5 cm³/mol. The Hall–Kier alpha value is -2.82. The zero-order valence-electron chi connectivity index (χ0n) is 9.93. The zero-order chi connectivity index (χ0) is 12.7. The second-order valence-corrected chi connectivity index (χ2v) is 4.18. The lowest BCUT2D eigenvalue weighted by Crippen LogP contribution is -1.89. The average Bonchev–Trinajstić information content (AvgIpc) is 2.91. The minimum atomic E-state index is 0.804. The van der Waals surface area contributed by atoms with Gasteiger partial charge in [-0.15, -0.1) is 0 Å². The van der Waals surface area contributed by atoms with Crippen molar-refractivity contribution < 1.29 is 0 Å². The van der Waals surface area contributed by atoms with Gasteiger partial charge in [-0.05, 0) is 30.3 Å². The normalized spacial score (nSPS) is 11.2. The molecule has 0 radical (unpaired) electrons. The van der Waals surface area contributed by atoms with E-state index in [0.717, 1.165) is 27.9 Å². The molecule has 5 nitrogen and oxygen atoms in total. The summed E-state index contributed by atoms with van der Waals surface area (Å²) in [5.74, 6) is 0. The zero-order valence-corrected chi connectivity index (χ0v) is 9.93. The maximum atomic E-state index is 4.61. The molecule has 4 heterocycles. The van der Waals surface area contributed by atoms with Crippen molar-refractivity contribution in [2.24, 2.45) is 0 Å². The standard InChI is InChI=1S/C14H9N5/c1-3-13-12(15-6-1)5-4-11(18-13)10-9-17-19-8-2-7-16-14(10)19/h1-9H. The Morgan fingerprint density at radius 2 is 1.84 bits per heavy atom. The third-order valence-electron chi connectivity index (χ3n) is 3.01. The van der Waals surface area contributed by atoms with Gasteiger partial charge in [-0.25, -0.2) is 14.5 Å². The molecule has 0 bridgehead atoms. The van der Waals surface area contributed by atoms with Gasteiger partial charge in [0.15, 0.2) is 5.65 Å². The van der Waals surface area contributed by atoms with Crippen LogP contribution in [0.4, 0.5) is 0 Å². The summed E-state index contributed by atoms with van der Waals surface area (Å²) in [5.41, 5.74) is 4.34. The molecule has 90 valence electrons. The molecule has 5 heteroatoms. The molecule has 19 heavy (non-hydrogen) atoms. The van der Waals surface area contributed by atoms with Crippen molar-refractivity contribution in [3.8, 4) is 11.3 Å². The maximum absolute atomic E-state index is 4.61. The van der Waals surface area contributed by atoms with Gasteiger partial charge >= 0.3 is 0 Å². The summed E-state index contributed by atoms with van der Waals surface area (Å²) in [4.78, 5) is 13.2. The first-order chi connectivity index (χ1) is 9.42. The van der Waals surface area contributed by atoms with Crippen molar-refractivity contribution in [3.05, 3.63) is 55.1 Å². The van der Waals surface area contributed by atoms with E-state index in [0.29, 0.717) is 0 Å². The van der Waals surface area contributed by atoms with Gasteiger partial charge < -0.3 is 0 Å². The summed E-state index contributed by atoms with van der Waals surface area (Å²) in [6.45, 7) is 0. The van der Waals surface area contributed by atoms with Gasteiger partial charge in [0.1, 0.15) is 0 Å². The molecule has 0 aliphatic carbocycles. The molecule has 0 unspecified atom stereocenters. The van der Waals surface area contributed by atoms with Gasteiger partial charge in [0.2, 0.25) is 0 Å². The fourth-order valence-electron chi connectivity index (χ4n) is 2.11. The topological polar surface area (TPSA) is 56.0 Å². The van der Waals surface area contributed by atoms with E-state index >= 15 is 0 Å². The number of rotatable bonds is 1. The number of fused-ring (bicyclic) bond motifs is 2. The second kappa shape index (κ2) is 3.84. The van der Waals surface area contributed by atoms with Crippen LogP contribution in [0.5, 0.6) is 0 Å². The van der Waals surface area contributed by atoms with Gasteiger partial charge in [-0.2, -0.15) is 5.10 Å². The molecule has 0 N–H and O–H groups in total. The largest absolute Gasteiger partial charge is 0.255 e. The minimum absolute atomic E-state index is 0.804. The average molecular weight is 247 g/mol. The Labute approximate surface area is 108 Å². The summed E-state index contributed by atoms with van der Waals surface area (Å²) in [5, 5.41) is 4.27. The summed E-state index contributed by atoms with van der Waals surface area (Å²) >= 11 is 0. The fourth-order valence-corrected chi connectivity index (χ4v) is 2.11. The SMILES string of the molecule is c1cnc2ccc(-c3cnn4cccnc34)nc2c1. The van der Waals surface area contributed by atoms with Crippen LogP contribution in [0.1, 0.15) is 0 Å². The number of hydrogen-bond acceptors (Lipinski definition) is 4. The van der Waals surface area contributed by atoms with Crippen LogP contribution in [-0.4, -0.2) is 24.6 Å². The summed E-state index contributed by atoms with van der Waals surface area (Å²) in [6.07, 6.45) is 7.17. The molecule has 0 saturated carbocycles. The summed E-state index contributed by atoms with van der Waals surface area (Å²) < 4.78 is 1.74. The van der Waals surface area contributed by atoms with Crippen LogP contribution in [0.2, 0.25) is 0 Å². The minimum Gasteiger partial charge on any atom is -0.255 e. The van der Waals surface area contributed by atoms with E-state index in [-0.39, 0.29) is 0 Å². The number of pyridine rings is 2. The third-order valence-corrected chi connectivity index (χ3v) is 3.01. The molecule has 0 fully saturated rings. The number of nitrogens with zero attached hydrogens (tertiary/aromatic N) is 5. The molecule has 4 aromatic heterocycles. The van der Waals surface area contributed by atoms with Crippen molar-refractivity contribution in [1.29, 1.82) is 0 Å². The molecule has 0 aliphatic rings. The Morgan fingerprint density at radius 1 is 0.895 bits per heavy atom. The third kappa shape index (κ3) is 1.55. The van der Waals surface area contributed by atoms with Crippen LogP contribution in [0, 0.1) is 0 Å². The lowest BCUT2D eigenvalue weighted by molar-refractivity contribution is 0.939. The summed E-state index contributed by atoms with van der Waals surface area (Å²) in [6, 6.07) is 9.59. The van der Waals surface area contributed by atoms with E-state index in [1.165, 1.54) is 0 Å². The molecule has 0 amide bonds. The molecule has 0 aliphatic heterocycles. The maximum Gasteiger partial charge on any atom is 0.164 e. The van der Waals surface area contributed by atoms with E-state index in [2.05, 4.69) is 20.1 Å². The highest BCUT2D eigenvalue weighted by atomic mass is 15.2. The van der Waals surface area contributed by atoms with Crippen molar-refractivity contribution in [1.82, 2.24) is 24.6 Å². The molecular weight excluding hydrogens is 238 g/mol. The first-order valence-electron chi connectivity index (χ1n) is 5.92. The van der Waals surface area contributed by atoms with E-state index in [1.807, 2.05) is 36.5 Å². The molecule has 4 aromatic rings. The van der Waals surface area contributed by atoms with Gasteiger partial charge in [-0.1, -0.05) is 0 Å². The van der Waals surface area contributed by atoms with Crippen LogP contribution in [0.25, 0.3) is 27.9 Å². The van der Waals surface area contributed by atoms with Crippen LogP contribution in [-0.2, 0) is 0 Å². The fraction of sp³-hybridized carbons (Fsp3) is 0. The lowest BCUT2D eigenvalue weighted by Gasteiger charge is -2.00. The van der Waals surface area contributed by atoms with Crippen LogP contribution < -0.4 is 0 Å². The lowest BCUT2D eigenvalue weighted by atomic mass is 10.2. The molecule has 0 saturated heterocycles. The Balaban J connectivity index is 1.99. The second-order valence-electron chi connectivity index (χ2n) is 4.18. The van der Waals surface area contributed by atoms with Crippen LogP contribution in [0.15, 0.2) is 55.1 Å². The smallest absolute Gasteiger partial charge is 0.164 e. The first-order valence-corrected chi connectivity index (χ1v) is 5.92. The number of aromatic nitrogens is 5. The van der Waals surface area contributed by atoms with Gasteiger partial charge in [0.05, 0.1) is 28.5 Å². The van der Waals surface area contributed by atoms with Gasteiger partial charge in [0.25, 0.3) is 0 Å². The van der Waals surface area contributed by atoms with Crippen molar-refractivity contribution in [2.75, 3.05) is 0 Å². The Morgan fingerprint density at radius 3 is 2.84 bits per heavy atom. The Bertz CT molecular complexity index is 881. The molecule has 0 atom stereocenters. The quantitative estimate of drug-likeness (QED) is 0.518. The molecular formula is C14H9N5. The van der Waals surface area contributed by atoms with Crippen molar-refractivity contribution in [2.45, 2.75) is 0 Å².